The quantitative estimate of drug-likeness (QED) is 0.348. The highest BCUT2D eigenvalue weighted by Crippen LogP contribution is 2.09. The van der Waals surface area contributed by atoms with E-state index in [2.05, 4.69) is 39.9 Å². The van der Waals surface area contributed by atoms with Crippen LogP contribution in [-0.2, 0) is 22.9 Å². The van der Waals surface area contributed by atoms with Crippen molar-refractivity contribution in [2.45, 2.75) is 31.1 Å². The Morgan fingerprint density at radius 2 is 1.63 bits per heavy atom. The number of primary sulfonamides is 1. The summed E-state index contributed by atoms with van der Waals surface area (Å²) in [4.78, 5) is 4.74. The number of benzene rings is 2. The van der Waals surface area contributed by atoms with Crippen LogP contribution in [0.4, 0.5) is 0 Å². The van der Waals surface area contributed by atoms with Gasteiger partial charge in [0.25, 0.3) is 0 Å². The highest BCUT2D eigenvalue weighted by atomic mass is 32.2. The molecule has 0 bridgehead atoms. The molecule has 0 saturated heterocycles. The molecule has 2 aromatic carbocycles. The van der Waals surface area contributed by atoms with Crippen molar-refractivity contribution in [2.75, 3.05) is 19.6 Å². The van der Waals surface area contributed by atoms with E-state index in [9.17, 15) is 8.42 Å². The minimum atomic E-state index is -3.64. The maximum absolute atomic E-state index is 11.3. The van der Waals surface area contributed by atoms with Crippen LogP contribution in [0, 0.1) is 0 Å². The molecular formula is C20H28N4O2S. The lowest BCUT2D eigenvalue weighted by atomic mass is 10.1. The van der Waals surface area contributed by atoms with Crippen molar-refractivity contribution in [1.82, 2.24) is 10.6 Å². The van der Waals surface area contributed by atoms with Crippen LogP contribution in [0.5, 0.6) is 0 Å². The summed E-state index contributed by atoms with van der Waals surface area (Å²) in [7, 11) is -3.64. The van der Waals surface area contributed by atoms with Crippen LogP contribution < -0.4 is 15.8 Å². The fourth-order valence-corrected chi connectivity index (χ4v) is 3.15. The molecule has 0 radical (unpaired) electrons. The van der Waals surface area contributed by atoms with Gasteiger partial charge >= 0.3 is 0 Å². The summed E-state index contributed by atoms with van der Waals surface area (Å²) in [5, 5.41) is 11.7. The predicted octanol–water partition coefficient (Wildman–Crippen LogP) is 2.06. The normalized spacial score (nSPS) is 12.0. The predicted molar refractivity (Wildman–Crippen MR) is 110 cm³/mol. The van der Waals surface area contributed by atoms with Gasteiger partial charge in [-0.2, -0.15) is 0 Å². The van der Waals surface area contributed by atoms with Crippen molar-refractivity contribution in [3.8, 4) is 0 Å². The van der Waals surface area contributed by atoms with Gasteiger partial charge in [-0.25, -0.2) is 13.6 Å². The molecule has 0 fully saturated rings. The Morgan fingerprint density at radius 1 is 0.963 bits per heavy atom. The molecule has 7 heteroatoms. The topological polar surface area (TPSA) is 96.6 Å². The highest BCUT2D eigenvalue weighted by Gasteiger charge is 2.06. The first-order valence-corrected chi connectivity index (χ1v) is 10.7. The van der Waals surface area contributed by atoms with E-state index in [1.54, 1.807) is 12.1 Å². The molecule has 0 aliphatic carbocycles. The van der Waals surface area contributed by atoms with Crippen LogP contribution in [0.15, 0.2) is 64.5 Å². The van der Waals surface area contributed by atoms with E-state index < -0.39 is 10.0 Å². The second-order valence-corrected chi connectivity index (χ2v) is 7.78. The molecule has 2 rings (SSSR count). The first-order chi connectivity index (χ1) is 13.0. The average Bonchev–Trinajstić information content (AvgIpc) is 2.66. The van der Waals surface area contributed by atoms with Crippen molar-refractivity contribution in [3.63, 3.8) is 0 Å². The third-order valence-electron chi connectivity index (χ3n) is 4.04. The molecule has 0 heterocycles. The molecule has 0 unspecified atom stereocenters. The van der Waals surface area contributed by atoms with Gasteiger partial charge < -0.3 is 10.6 Å². The Labute approximate surface area is 162 Å². The molecular weight excluding hydrogens is 360 g/mol. The lowest BCUT2D eigenvalue weighted by Crippen LogP contribution is -2.38. The smallest absolute Gasteiger partial charge is 0.238 e. The molecule has 4 N–H and O–H groups in total. The second kappa shape index (κ2) is 10.7. The Hall–Kier alpha value is -2.38. The Morgan fingerprint density at radius 3 is 2.26 bits per heavy atom. The number of aryl methyl sites for hydroxylation is 1. The summed E-state index contributed by atoms with van der Waals surface area (Å²) in [5.41, 5.74) is 2.36. The summed E-state index contributed by atoms with van der Waals surface area (Å²) < 4.78 is 22.6. The summed E-state index contributed by atoms with van der Waals surface area (Å²) in [6.45, 7) is 4.30. The SMILES string of the molecule is CCNC(=NCCCc1ccccc1)NCCc1ccc(S(N)(=O)=O)cc1. The Bertz CT molecular complexity index is 819. The van der Waals surface area contributed by atoms with Gasteiger partial charge in [0.1, 0.15) is 0 Å². The van der Waals surface area contributed by atoms with Crippen LogP contribution >= 0.6 is 0 Å². The van der Waals surface area contributed by atoms with Crippen LogP contribution in [0.1, 0.15) is 24.5 Å². The molecule has 0 atom stereocenters. The monoisotopic (exact) mass is 388 g/mol. The van der Waals surface area contributed by atoms with E-state index in [1.165, 1.54) is 17.7 Å². The maximum Gasteiger partial charge on any atom is 0.238 e. The third kappa shape index (κ3) is 7.80. The molecule has 0 spiro atoms. The molecule has 0 saturated carbocycles. The van der Waals surface area contributed by atoms with E-state index in [1.807, 2.05) is 13.0 Å². The van der Waals surface area contributed by atoms with E-state index in [0.29, 0.717) is 6.54 Å². The largest absolute Gasteiger partial charge is 0.357 e. The van der Waals surface area contributed by atoms with Gasteiger partial charge in [0.05, 0.1) is 4.90 Å². The van der Waals surface area contributed by atoms with Gasteiger partial charge in [-0.15, -0.1) is 0 Å². The molecule has 146 valence electrons. The lowest BCUT2D eigenvalue weighted by Gasteiger charge is -2.11. The Balaban J connectivity index is 1.78. The third-order valence-corrected chi connectivity index (χ3v) is 4.97. The number of aliphatic imine (C=N–C) groups is 1. The molecule has 0 amide bonds. The van der Waals surface area contributed by atoms with Crippen molar-refractivity contribution in [2.24, 2.45) is 10.1 Å². The number of hydrogen-bond acceptors (Lipinski definition) is 3. The lowest BCUT2D eigenvalue weighted by molar-refractivity contribution is 0.598. The van der Waals surface area contributed by atoms with Crippen LogP contribution in [0.2, 0.25) is 0 Å². The van der Waals surface area contributed by atoms with Gasteiger partial charge in [0.2, 0.25) is 10.0 Å². The van der Waals surface area contributed by atoms with Gasteiger partial charge in [-0.1, -0.05) is 42.5 Å². The number of nitrogens with two attached hydrogens (primary N) is 1. The number of rotatable bonds is 9. The second-order valence-electron chi connectivity index (χ2n) is 6.22. The first kappa shape index (κ1) is 20.9. The van der Waals surface area contributed by atoms with Crippen molar-refractivity contribution in [3.05, 3.63) is 65.7 Å². The molecule has 2 aromatic rings. The molecule has 27 heavy (non-hydrogen) atoms. The number of nitrogens with zero attached hydrogens (tertiary/aromatic N) is 1. The van der Waals surface area contributed by atoms with E-state index in [4.69, 9.17) is 5.14 Å². The first-order valence-electron chi connectivity index (χ1n) is 9.17. The summed E-state index contributed by atoms with van der Waals surface area (Å²) in [5.74, 6) is 0.798. The summed E-state index contributed by atoms with van der Waals surface area (Å²) in [6.07, 6.45) is 2.77. The maximum atomic E-state index is 11.3. The van der Waals surface area contributed by atoms with Crippen LogP contribution in [0.25, 0.3) is 0 Å². The van der Waals surface area contributed by atoms with Crippen LogP contribution in [-0.4, -0.2) is 34.0 Å². The number of guanidine groups is 1. The molecule has 0 aliphatic rings. The van der Waals surface area contributed by atoms with Crippen molar-refractivity contribution in [1.29, 1.82) is 0 Å². The summed E-state index contributed by atoms with van der Waals surface area (Å²) in [6, 6.07) is 17.0. The van der Waals surface area contributed by atoms with Crippen molar-refractivity contribution >= 4 is 16.0 Å². The highest BCUT2D eigenvalue weighted by molar-refractivity contribution is 7.89. The minimum absolute atomic E-state index is 0.132. The number of nitrogens with one attached hydrogen (secondary N) is 2. The van der Waals surface area contributed by atoms with Crippen LogP contribution in [0.3, 0.4) is 0 Å². The summed E-state index contributed by atoms with van der Waals surface area (Å²) >= 11 is 0. The average molecular weight is 389 g/mol. The number of hydrogen-bond donors (Lipinski definition) is 3. The molecule has 0 aliphatic heterocycles. The standard InChI is InChI=1S/C20H28N4O2S/c1-2-22-20(23-15-6-9-17-7-4-3-5-8-17)24-16-14-18-10-12-19(13-11-18)27(21,25)26/h3-5,7-8,10-13H,2,6,9,14-16H2,1H3,(H2,21,25,26)(H2,22,23,24). The molecule has 6 nitrogen and oxygen atoms in total. The fourth-order valence-electron chi connectivity index (χ4n) is 2.63. The zero-order valence-corrected chi connectivity index (χ0v) is 16.5. The zero-order valence-electron chi connectivity index (χ0n) is 15.7. The fraction of sp³-hybridized carbons (Fsp3) is 0.350. The van der Waals surface area contributed by atoms with E-state index in [-0.39, 0.29) is 4.90 Å². The number of sulfonamides is 1. The van der Waals surface area contributed by atoms with Gasteiger partial charge in [0.15, 0.2) is 5.96 Å². The molecule has 0 aromatic heterocycles. The van der Waals surface area contributed by atoms with E-state index in [0.717, 1.165) is 43.9 Å². The zero-order chi connectivity index (χ0) is 19.5. The van der Waals surface area contributed by atoms with Gasteiger partial charge in [-0.05, 0) is 49.4 Å². The van der Waals surface area contributed by atoms with Gasteiger partial charge in [-0.3, -0.25) is 4.99 Å². The minimum Gasteiger partial charge on any atom is -0.357 e. The van der Waals surface area contributed by atoms with Crippen molar-refractivity contribution < 1.29 is 8.42 Å². The van der Waals surface area contributed by atoms with E-state index >= 15 is 0 Å². The van der Waals surface area contributed by atoms with Gasteiger partial charge in [0, 0.05) is 19.6 Å². The Kier molecular flexibility index (Phi) is 8.29.